The predicted molar refractivity (Wildman–Crippen MR) is 62.5 cm³/mol. The van der Waals surface area contributed by atoms with Gasteiger partial charge >= 0.3 is 0 Å². The topological polar surface area (TPSA) is 55.1 Å². The Morgan fingerprint density at radius 3 is 2.73 bits per heavy atom. The van der Waals surface area contributed by atoms with Gasteiger partial charge in [-0.3, -0.25) is 4.79 Å². The van der Waals surface area contributed by atoms with E-state index in [0.29, 0.717) is 19.0 Å². The van der Waals surface area contributed by atoms with Crippen LogP contribution in [0.4, 0.5) is 0 Å². The van der Waals surface area contributed by atoms with E-state index in [1.807, 2.05) is 0 Å². The third kappa shape index (κ3) is 5.17. The first kappa shape index (κ1) is 12.5. The molecule has 0 spiro atoms. The minimum atomic E-state index is 0.0939. The van der Waals surface area contributed by atoms with Gasteiger partial charge in [0.2, 0.25) is 5.91 Å². The lowest BCUT2D eigenvalue weighted by Crippen LogP contribution is -2.33. The molecule has 1 saturated carbocycles. The molecule has 0 aromatic heterocycles. The Bertz CT molecular complexity index is 188. The first-order valence-corrected chi connectivity index (χ1v) is 6.21. The Morgan fingerprint density at radius 2 is 2.13 bits per heavy atom. The quantitative estimate of drug-likeness (QED) is 0.705. The van der Waals surface area contributed by atoms with Gasteiger partial charge in [0.15, 0.2) is 0 Å². The molecule has 3 N–H and O–H groups in total. The van der Waals surface area contributed by atoms with Crippen LogP contribution in [-0.4, -0.2) is 18.5 Å². The molecule has 1 atom stereocenters. The van der Waals surface area contributed by atoms with Crippen molar-refractivity contribution in [2.75, 3.05) is 6.54 Å². The molecule has 0 aromatic carbocycles. The van der Waals surface area contributed by atoms with E-state index in [9.17, 15) is 4.79 Å². The summed E-state index contributed by atoms with van der Waals surface area (Å²) in [7, 11) is 0. The smallest absolute Gasteiger partial charge is 0.221 e. The Labute approximate surface area is 92.8 Å². The molecule has 3 heteroatoms. The zero-order chi connectivity index (χ0) is 11.1. The zero-order valence-electron chi connectivity index (χ0n) is 9.80. The van der Waals surface area contributed by atoms with Crippen molar-refractivity contribution < 1.29 is 4.79 Å². The second-order valence-corrected chi connectivity index (χ2v) is 4.74. The molecule has 0 bridgehead atoms. The summed E-state index contributed by atoms with van der Waals surface area (Å²) in [6.07, 6.45) is 8.42. The van der Waals surface area contributed by atoms with Gasteiger partial charge in [-0.15, -0.1) is 0 Å². The molecule has 1 aliphatic rings. The van der Waals surface area contributed by atoms with Gasteiger partial charge in [-0.1, -0.05) is 25.7 Å². The van der Waals surface area contributed by atoms with E-state index in [-0.39, 0.29) is 5.91 Å². The lowest BCUT2D eigenvalue weighted by atomic mass is 9.99. The van der Waals surface area contributed by atoms with E-state index in [2.05, 4.69) is 12.2 Å². The molecular weight excluding hydrogens is 188 g/mol. The number of amides is 1. The number of rotatable bonds is 6. The van der Waals surface area contributed by atoms with Crippen LogP contribution >= 0.6 is 0 Å². The first-order valence-electron chi connectivity index (χ1n) is 6.21. The summed E-state index contributed by atoms with van der Waals surface area (Å²) in [5, 5.41) is 2.99. The molecule has 1 rings (SSSR count). The summed E-state index contributed by atoms with van der Waals surface area (Å²) in [5.74, 6) is 1.01. The zero-order valence-corrected chi connectivity index (χ0v) is 9.80. The summed E-state index contributed by atoms with van der Waals surface area (Å²) in [6, 6.07) is 0.310. The summed E-state index contributed by atoms with van der Waals surface area (Å²) in [6.45, 7) is 2.53. The SMILES string of the molecule is C[C@H](CCC1CCCC1)NC(=O)CCN. The normalized spacial score (nSPS) is 19.1. The van der Waals surface area contributed by atoms with Gasteiger partial charge in [-0.05, 0) is 25.7 Å². The lowest BCUT2D eigenvalue weighted by Gasteiger charge is -2.16. The van der Waals surface area contributed by atoms with Gasteiger partial charge < -0.3 is 11.1 Å². The molecule has 1 aliphatic carbocycles. The highest BCUT2D eigenvalue weighted by Crippen LogP contribution is 2.28. The Kier molecular flexibility index (Phi) is 5.69. The maximum atomic E-state index is 11.3. The van der Waals surface area contributed by atoms with E-state index in [4.69, 9.17) is 5.73 Å². The van der Waals surface area contributed by atoms with Gasteiger partial charge in [-0.25, -0.2) is 0 Å². The molecule has 1 amide bonds. The predicted octanol–water partition coefficient (Wildman–Crippen LogP) is 1.81. The van der Waals surface area contributed by atoms with Crippen LogP contribution in [-0.2, 0) is 4.79 Å². The van der Waals surface area contributed by atoms with Crippen LogP contribution in [0.1, 0.15) is 51.9 Å². The van der Waals surface area contributed by atoms with Crippen molar-refractivity contribution in [3.05, 3.63) is 0 Å². The van der Waals surface area contributed by atoms with Gasteiger partial charge in [-0.2, -0.15) is 0 Å². The number of hydrogen-bond donors (Lipinski definition) is 2. The number of nitrogens with one attached hydrogen (secondary N) is 1. The maximum absolute atomic E-state index is 11.3. The van der Waals surface area contributed by atoms with Crippen molar-refractivity contribution in [2.45, 2.75) is 57.9 Å². The standard InChI is InChI=1S/C12H24N2O/c1-10(14-12(15)8-9-13)6-7-11-4-2-3-5-11/h10-11H,2-9,13H2,1H3,(H,14,15)/t10-/m1/s1. The summed E-state index contributed by atoms with van der Waals surface area (Å²) in [4.78, 5) is 11.3. The van der Waals surface area contributed by atoms with Crippen LogP contribution in [0.5, 0.6) is 0 Å². The van der Waals surface area contributed by atoms with E-state index in [0.717, 1.165) is 12.3 Å². The molecule has 0 aliphatic heterocycles. The highest BCUT2D eigenvalue weighted by molar-refractivity contribution is 5.76. The van der Waals surface area contributed by atoms with Crippen LogP contribution in [0.3, 0.4) is 0 Å². The fourth-order valence-corrected chi connectivity index (χ4v) is 2.33. The molecule has 0 saturated heterocycles. The fraction of sp³-hybridized carbons (Fsp3) is 0.917. The second-order valence-electron chi connectivity index (χ2n) is 4.74. The average Bonchev–Trinajstić information content (AvgIpc) is 2.67. The van der Waals surface area contributed by atoms with E-state index >= 15 is 0 Å². The molecular formula is C12H24N2O. The van der Waals surface area contributed by atoms with Gasteiger partial charge in [0.1, 0.15) is 0 Å². The van der Waals surface area contributed by atoms with Crippen LogP contribution in [0.15, 0.2) is 0 Å². The average molecular weight is 212 g/mol. The fourth-order valence-electron chi connectivity index (χ4n) is 2.33. The molecule has 0 aromatic rings. The van der Waals surface area contributed by atoms with E-state index in [1.165, 1.54) is 32.1 Å². The van der Waals surface area contributed by atoms with Crippen molar-refractivity contribution in [1.29, 1.82) is 0 Å². The molecule has 0 unspecified atom stereocenters. The van der Waals surface area contributed by atoms with Crippen molar-refractivity contribution >= 4 is 5.91 Å². The molecule has 1 fully saturated rings. The van der Waals surface area contributed by atoms with Crippen molar-refractivity contribution in [2.24, 2.45) is 11.7 Å². The second kappa shape index (κ2) is 6.83. The van der Waals surface area contributed by atoms with E-state index in [1.54, 1.807) is 0 Å². The van der Waals surface area contributed by atoms with Crippen LogP contribution in [0.2, 0.25) is 0 Å². The van der Waals surface area contributed by atoms with Crippen LogP contribution in [0.25, 0.3) is 0 Å². The molecule has 15 heavy (non-hydrogen) atoms. The summed E-state index contributed by atoms with van der Waals surface area (Å²) >= 11 is 0. The third-order valence-electron chi connectivity index (χ3n) is 3.26. The van der Waals surface area contributed by atoms with Crippen LogP contribution in [0, 0.1) is 5.92 Å². The maximum Gasteiger partial charge on any atom is 0.221 e. The summed E-state index contributed by atoms with van der Waals surface area (Å²) < 4.78 is 0. The van der Waals surface area contributed by atoms with Gasteiger partial charge in [0, 0.05) is 19.0 Å². The molecule has 0 heterocycles. The van der Waals surface area contributed by atoms with Crippen molar-refractivity contribution in [3.8, 4) is 0 Å². The first-order chi connectivity index (χ1) is 7.22. The van der Waals surface area contributed by atoms with Crippen LogP contribution < -0.4 is 11.1 Å². The third-order valence-corrected chi connectivity index (χ3v) is 3.26. The molecule has 0 radical (unpaired) electrons. The molecule has 3 nitrogen and oxygen atoms in total. The van der Waals surface area contributed by atoms with E-state index < -0.39 is 0 Å². The minimum Gasteiger partial charge on any atom is -0.354 e. The molecule has 88 valence electrons. The Balaban J connectivity index is 2.06. The number of carbonyl (C=O) groups excluding carboxylic acids is 1. The number of nitrogens with two attached hydrogens (primary N) is 1. The number of carbonyl (C=O) groups is 1. The van der Waals surface area contributed by atoms with Gasteiger partial charge in [0.05, 0.1) is 0 Å². The summed E-state index contributed by atoms with van der Waals surface area (Å²) in [5.41, 5.74) is 5.32. The minimum absolute atomic E-state index is 0.0939. The van der Waals surface area contributed by atoms with Crippen molar-refractivity contribution in [1.82, 2.24) is 5.32 Å². The Morgan fingerprint density at radius 1 is 1.47 bits per heavy atom. The monoisotopic (exact) mass is 212 g/mol. The van der Waals surface area contributed by atoms with Gasteiger partial charge in [0.25, 0.3) is 0 Å². The lowest BCUT2D eigenvalue weighted by molar-refractivity contribution is -0.121. The largest absolute Gasteiger partial charge is 0.354 e. The van der Waals surface area contributed by atoms with Crippen molar-refractivity contribution in [3.63, 3.8) is 0 Å². The Hall–Kier alpha value is -0.570. The highest BCUT2D eigenvalue weighted by atomic mass is 16.1. The highest BCUT2D eigenvalue weighted by Gasteiger charge is 2.16. The number of hydrogen-bond acceptors (Lipinski definition) is 2.